The number of furan rings is 1. The molecule has 0 spiro atoms. The van der Waals surface area contributed by atoms with Crippen molar-refractivity contribution in [1.29, 1.82) is 0 Å². The summed E-state index contributed by atoms with van der Waals surface area (Å²) >= 11 is 1.79. The van der Waals surface area contributed by atoms with Gasteiger partial charge in [-0.15, -0.1) is 11.3 Å². The fourth-order valence-corrected chi connectivity index (χ4v) is 5.68. The highest BCUT2D eigenvalue weighted by Gasteiger charge is 2.26. The molecule has 0 N–H and O–H groups in total. The maximum absolute atomic E-state index is 6.36. The summed E-state index contributed by atoms with van der Waals surface area (Å²) in [4.78, 5) is 2.45. The van der Waals surface area contributed by atoms with Gasteiger partial charge in [0, 0.05) is 28.6 Å². The van der Waals surface area contributed by atoms with E-state index >= 15 is 0 Å². The lowest BCUT2D eigenvalue weighted by atomic mass is 10.0. The molecule has 0 fully saturated rings. The smallest absolute Gasteiger partial charge is 0.155 e. The van der Waals surface area contributed by atoms with Crippen LogP contribution in [0.3, 0.4) is 0 Å². The first kappa shape index (κ1) is 22.6. The first-order chi connectivity index (χ1) is 14.9. The number of thiophene rings is 1. The molecule has 0 atom stereocenters. The number of hydrogen-bond donors (Lipinski definition) is 0. The molecule has 3 aromatic heterocycles. The number of rotatable bonds is 7. The third kappa shape index (κ3) is 3.53. The first-order valence-corrected chi connectivity index (χ1v) is 11.3. The van der Waals surface area contributed by atoms with Crippen molar-refractivity contribution in [3.05, 3.63) is 75.9 Å². The van der Waals surface area contributed by atoms with Crippen LogP contribution in [0.1, 0.15) is 57.9 Å². The van der Waals surface area contributed by atoms with Crippen molar-refractivity contribution in [2.45, 2.75) is 34.6 Å². The average molecular weight is 430 g/mol. The van der Waals surface area contributed by atoms with Crippen molar-refractivity contribution in [3.63, 3.8) is 0 Å². The van der Waals surface area contributed by atoms with Gasteiger partial charge in [0.2, 0.25) is 0 Å². The molecular weight excluding hydrogens is 398 g/mol. The van der Waals surface area contributed by atoms with E-state index in [9.17, 15) is 0 Å². The summed E-state index contributed by atoms with van der Waals surface area (Å²) in [5.41, 5.74) is 9.08. The van der Waals surface area contributed by atoms with Crippen LogP contribution in [-0.4, -0.2) is 4.57 Å². The number of hydrogen-bond acceptors (Lipinski definition) is 2. The molecule has 160 valence electrons. The van der Waals surface area contributed by atoms with E-state index in [0.29, 0.717) is 0 Å². The van der Waals surface area contributed by atoms with Crippen molar-refractivity contribution >= 4 is 41.7 Å². The molecule has 3 aromatic rings. The molecule has 2 nitrogen and oxygen atoms in total. The monoisotopic (exact) mass is 429 g/mol. The van der Waals surface area contributed by atoms with E-state index in [1.807, 2.05) is 44.2 Å². The third-order valence-corrected chi connectivity index (χ3v) is 7.09. The lowest BCUT2D eigenvalue weighted by Gasteiger charge is -2.08. The van der Waals surface area contributed by atoms with E-state index in [-0.39, 0.29) is 0 Å². The van der Waals surface area contributed by atoms with Crippen LogP contribution in [0.25, 0.3) is 52.4 Å². The van der Waals surface area contributed by atoms with Gasteiger partial charge in [-0.1, -0.05) is 50.1 Å². The molecule has 3 heterocycles. The Morgan fingerprint density at radius 3 is 1.94 bits per heavy atom. The number of nitrogens with zero attached hydrogens (tertiary/aromatic N) is 1. The number of allylic oxidation sites excluding steroid dienone is 2. The Morgan fingerprint density at radius 1 is 0.774 bits per heavy atom. The highest BCUT2D eigenvalue weighted by molar-refractivity contribution is 7.16. The second-order valence-corrected chi connectivity index (χ2v) is 8.63. The molecular formula is C28H31NOS. The van der Waals surface area contributed by atoms with Crippen LogP contribution in [-0.2, 0) is 7.05 Å². The minimum absolute atomic E-state index is 0.837. The van der Waals surface area contributed by atoms with Crippen LogP contribution in [0, 0.1) is 20.8 Å². The summed E-state index contributed by atoms with van der Waals surface area (Å²) < 4.78 is 8.60. The van der Waals surface area contributed by atoms with Crippen LogP contribution in [0.5, 0.6) is 0 Å². The predicted molar refractivity (Wildman–Crippen MR) is 140 cm³/mol. The maximum Gasteiger partial charge on any atom is 0.155 e. The van der Waals surface area contributed by atoms with Gasteiger partial charge >= 0.3 is 0 Å². The Hall–Kier alpha value is -3.04. The van der Waals surface area contributed by atoms with Crippen molar-refractivity contribution < 1.29 is 4.42 Å². The van der Waals surface area contributed by atoms with E-state index in [2.05, 4.69) is 64.3 Å². The normalized spacial score (nSPS) is 11.7. The van der Waals surface area contributed by atoms with Gasteiger partial charge in [-0.05, 0) is 63.5 Å². The number of aromatic nitrogens is 1. The van der Waals surface area contributed by atoms with Crippen LogP contribution in [0.4, 0.5) is 0 Å². The molecule has 0 aromatic carbocycles. The minimum atomic E-state index is 0.837. The zero-order valence-corrected chi connectivity index (χ0v) is 20.2. The zero-order valence-electron chi connectivity index (χ0n) is 19.4. The van der Waals surface area contributed by atoms with Crippen molar-refractivity contribution in [3.8, 4) is 22.0 Å². The highest BCUT2D eigenvalue weighted by Crippen LogP contribution is 2.45. The second-order valence-electron chi connectivity index (χ2n) is 7.58. The zero-order chi connectivity index (χ0) is 22.9. The van der Waals surface area contributed by atoms with Gasteiger partial charge in [0.15, 0.2) is 5.76 Å². The SMILES string of the molecule is C=Cc1c(/C=C\C)oc(-c2c(C)c(C=C)c(-c3sc(/C=C\C)c(C=C)c3C)n2C)c1C. The van der Waals surface area contributed by atoms with E-state index in [0.717, 1.165) is 45.2 Å². The summed E-state index contributed by atoms with van der Waals surface area (Å²) in [6, 6.07) is 0. The Morgan fingerprint density at radius 2 is 1.39 bits per heavy atom. The van der Waals surface area contributed by atoms with E-state index < -0.39 is 0 Å². The van der Waals surface area contributed by atoms with E-state index in [1.54, 1.807) is 11.3 Å². The molecule has 31 heavy (non-hydrogen) atoms. The van der Waals surface area contributed by atoms with Crippen LogP contribution < -0.4 is 0 Å². The Labute approximate surface area is 190 Å². The molecule has 0 saturated carbocycles. The average Bonchev–Trinajstić information content (AvgIpc) is 3.30. The molecule has 3 rings (SSSR count). The van der Waals surface area contributed by atoms with Crippen LogP contribution >= 0.6 is 11.3 Å². The lowest BCUT2D eigenvalue weighted by Crippen LogP contribution is -1.96. The van der Waals surface area contributed by atoms with E-state index in [4.69, 9.17) is 4.42 Å². The van der Waals surface area contributed by atoms with Crippen molar-refractivity contribution in [2.24, 2.45) is 7.05 Å². The molecule has 0 bridgehead atoms. The molecule has 0 saturated heterocycles. The van der Waals surface area contributed by atoms with Crippen LogP contribution in [0.15, 0.2) is 36.3 Å². The third-order valence-electron chi connectivity index (χ3n) is 5.81. The molecule has 0 radical (unpaired) electrons. The molecule has 0 aliphatic rings. The fraction of sp³-hybridized carbons (Fsp3) is 0.214. The molecule has 0 amide bonds. The lowest BCUT2D eigenvalue weighted by molar-refractivity contribution is 0.564. The van der Waals surface area contributed by atoms with Gasteiger partial charge in [-0.3, -0.25) is 0 Å². The minimum Gasteiger partial charge on any atom is -0.454 e. The molecule has 0 aliphatic heterocycles. The van der Waals surface area contributed by atoms with Gasteiger partial charge < -0.3 is 8.98 Å². The largest absolute Gasteiger partial charge is 0.454 e. The maximum atomic E-state index is 6.36. The van der Waals surface area contributed by atoms with Crippen molar-refractivity contribution in [2.75, 3.05) is 0 Å². The van der Waals surface area contributed by atoms with Gasteiger partial charge in [0.1, 0.15) is 5.76 Å². The quantitative estimate of drug-likeness (QED) is 0.366. The topological polar surface area (TPSA) is 18.1 Å². The van der Waals surface area contributed by atoms with Gasteiger partial charge in [-0.25, -0.2) is 0 Å². The van der Waals surface area contributed by atoms with Crippen LogP contribution in [0.2, 0.25) is 0 Å². The summed E-state index contributed by atoms with van der Waals surface area (Å²) in [5, 5.41) is 0. The summed E-state index contributed by atoms with van der Waals surface area (Å²) in [6.07, 6.45) is 14.0. The van der Waals surface area contributed by atoms with E-state index in [1.165, 1.54) is 20.9 Å². The molecule has 0 aliphatic carbocycles. The second kappa shape index (κ2) is 8.99. The van der Waals surface area contributed by atoms with Gasteiger partial charge in [-0.2, -0.15) is 0 Å². The summed E-state index contributed by atoms with van der Waals surface area (Å²) in [5.74, 6) is 1.72. The molecule has 3 heteroatoms. The predicted octanol–water partition coefficient (Wildman–Crippen LogP) is 8.93. The Kier molecular flexibility index (Phi) is 6.56. The highest BCUT2D eigenvalue weighted by atomic mass is 32.1. The summed E-state index contributed by atoms with van der Waals surface area (Å²) in [7, 11) is 2.11. The summed E-state index contributed by atoms with van der Waals surface area (Å²) in [6.45, 7) is 22.6. The van der Waals surface area contributed by atoms with Crippen molar-refractivity contribution in [1.82, 2.24) is 4.57 Å². The Bertz CT molecular complexity index is 1240. The fourth-order valence-electron chi connectivity index (χ4n) is 4.30. The molecule has 0 unspecified atom stereocenters. The Balaban J connectivity index is 2.37. The standard InChI is InChI=1S/C28H31NOS/c1-10-15-23-20(12-3)18(7)27(30-23)25-17(6)22(14-5)26(29(25)9)28-19(8)21(13-4)24(31-28)16-11-2/h10-16H,3-5H2,1-2,6-9H3/b15-10-,16-11-. The van der Waals surface area contributed by atoms with Gasteiger partial charge in [0.25, 0.3) is 0 Å². The van der Waals surface area contributed by atoms with Gasteiger partial charge in [0.05, 0.1) is 16.3 Å². The first-order valence-electron chi connectivity index (χ1n) is 10.5.